The molecule has 0 N–H and O–H groups in total. The van der Waals surface area contributed by atoms with Crippen molar-refractivity contribution in [1.29, 1.82) is 0 Å². The minimum absolute atomic E-state index is 0.167. The smallest absolute Gasteiger partial charge is 0.339 e. The van der Waals surface area contributed by atoms with Crippen LogP contribution in [0, 0.1) is 11.8 Å². The fourth-order valence-corrected chi connectivity index (χ4v) is 1.88. The fourth-order valence-electron chi connectivity index (χ4n) is 1.88. The van der Waals surface area contributed by atoms with Gasteiger partial charge in [-0.2, -0.15) is 0 Å². The molecule has 0 aromatic carbocycles. The van der Waals surface area contributed by atoms with Crippen LogP contribution in [0.15, 0.2) is 35.6 Å². The second kappa shape index (κ2) is 4.05. The molecule has 1 saturated heterocycles. The molecule has 2 heteroatoms. The standard InChI is InChI=1S/C13H16O2/c1-9(2)7-8-12-10-5-3-4-6-11(10)13(14)15-12/h3-4,6,8-10H,5,7H2,1-2H3/b12-8-/t10-/m1/s1. The average Bonchev–Trinajstić information content (AvgIpc) is 2.54. The van der Waals surface area contributed by atoms with Crippen LogP contribution in [0.1, 0.15) is 26.7 Å². The minimum Gasteiger partial charge on any atom is -0.427 e. The summed E-state index contributed by atoms with van der Waals surface area (Å²) in [4.78, 5) is 11.5. The van der Waals surface area contributed by atoms with Gasteiger partial charge < -0.3 is 4.74 Å². The van der Waals surface area contributed by atoms with Crippen molar-refractivity contribution in [3.63, 3.8) is 0 Å². The summed E-state index contributed by atoms with van der Waals surface area (Å²) in [5, 5.41) is 0. The highest BCUT2D eigenvalue weighted by Gasteiger charge is 2.35. The van der Waals surface area contributed by atoms with E-state index in [1.165, 1.54) is 0 Å². The lowest BCUT2D eigenvalue weighted by atomic mass is 9.91. The van der Waals surface area contributed by atoms with Crippen LogP contribution in [-0.2, 0) is 9.53 Å². The van der Waals surface area contributed by atoms with Crippen molar-refractivity contribution in [3.8, 4) is 0 Å². The number of rotatable bonds is 2. The predicted octanol–water partition coefficient (Wildman–Crippen LogP) is 2.98. The Bertz CT molecular complexity index is 359. The predicted molar refractivity (Wildman–Crippen MR) is 59.0 cm³/mol. The van der Waals surface area contributed by atoms with Gasteiger partial charge in [-0.05, 0) is 24.8 Å². The van der Waals surface area contributed by atoms with E-state index in [9.17, 15) is 4.79 Å². The van der Waals surface area contributed by atoms with Crippen molar-refractivity contribution in [2.45, 2.75) is 26.7 Å². The van der Waals surface area contributed by atoms with E-state index in [4.69, 9.17) is 4.74 Å². The third-order valence-corrected chi connectivity index (χ3v) is 2.74. The summed E-state index contributed by atoms with van der Waals surface area (Å²) in [6.07, 6.45) is 9.80. The van der Waals surface area contributed by atoms with Gasteiger partial charge in [-0.15, -0.1) is 0 Å². The summed E-state index contributed by atoms with van der Waals surface area (Å²) in [6.45, 7) is 4.32. The SMILES string of the molecule is CC(C)C/C=C1\OC(=O)C2=CC=CC[C@H]21. The van der Waals surface area contributed by atoms with E-state index in [1.54, 1.807) is 0 Å². The van der Waals surface area contributed by atoms with Gasteiger partial charge in [0, 0.05) is 5.57 Å². The van der Waals surface area contributed by atoms with Crippen molar-refractivity contribution in [2.75, 3.05) is 0 Å². The number of ether oxygens (including phenoxy) is 1. The molecule has 2 aliphatic rings. The monoisotopic (exact) mass is 204 g/mol. The molecule has 1 heterocycles. The molecule has 0 bridgehead atoms. The summed E-state index contributed by atoms with van der Waals surface area (Å²) >= 11 is 0. The number of allylic oxidation sites excluding steroid dienone is 5. The van der Waals surface area contributed by atoms with Gasteiger partial charge in [-0.1, -0.05) is 32.1 Å². The van der Waals surface area contributed by atoms with Crippen LogP contribution < -0.4 is 0 Å². The normalized spacial score (nSPS) is 26.9. The Kier molecular flexibility index (Phi) is 2.76. The van der Waals surface area contributed by atoms with Crippen LogP contribution in [0.4, 0.5) is 0 Å². The van der Waals surface area contributed by atoms with Crippen molar-refractivity contribution >= 4 is 5.97 Å². The van der Waals surface area contributed by atoms with Gasteiger partial charge in [-0.25, -0.2) is 4.79 Å². The molecule has 0 saturated carbocycles. The molecule has 0 aromatic heterocycles. The highest BCUT2D eigenvalue weighted by atomic mass is 16.5. The number of carbonyl (C=O) groups is 1. The van der Waals surface area contributed by atoms with E-state index in [0.29, 0.717) is 5.92 Å². The second-order valence-electron chi connectivity index (χ2n) is 4.46. The zero-order chi connectivity index (χ0) is 10.8. The third-order valence-electron chi connectivity index (χ3n) is 2.74. The molecular formula is C13H16O2. The maximum absolute atomic E-state index is 11.5. The van der Waals surface area contributed by atoms with E-state index in [1.807, 2.05) is 12.2 Å². The van der Waals surface area contributed by atoms with Crippen LogP contribution in [-0.4, -0.2) is 5.97 Å². The van der Waals surface area contributed by atoms with Crippen LogP contribution in [0.3, 0.4) is 0 Å². The van der Waals surface area contributed by atoms with Gasteiger partial charge in [0.1, 0.15) is 5.76 Å². The van der Waals surface area contributed by atoms with Crippen molar-refractivity contribution < 1.29 is 9.53 Å². The number of hydrogen-bond donors (Lipinski definition) is 0. The van der Waals surface area contributed by atoms with Gasteiger partial charge >= 0.3 is 5.97 Å². The molecule has 2 nitrogen and oxygen atoms in total. The number of esters is 1. The average molecular weight is 204 g/mol. The highest BCUT2D eigenvalue weighted by Crippen LogP contribution is 2.36. The lowest BCUT2D eigenvalue weighted by molar-refractivity contribution is -0.132. The van der Waals surface area contributed by atoms with Gasteiger partial charge in [0.05, 0.1) is 5.92 Å². The van der Waals surface area contributed by atoms with Crippen molar-refractivity contribution in [2.24, 2.45) is 11.8 Å². The topological polar surface area (TPSA) is 26.3 Å². The molecule has 1 aliphatic carbocycles. The van der Waals surface area contributed by atoms with Crippen LogP contribution in [0.2, 0.25) is 0 Å². The summed E-state index contributed by atoms with van der Waals surface area (Å²) in [7, 11) is 0. The molecule has 0 spiro atoms. The molecule has 1 aliphatic heterocycles. The van der Waals surface area contributed by atoms with Gasteiger partial charge in [0.15, 0.2) is 0 Å². The maximum atomic E-state index is 11.5. The first-order valence-corrected chi connectivity index (χ1v) is 5.47. The highest BCUT2D eigenvalue weighted by molar-refractivity contribution is 5.94. The largest absolute Gasteiger partial charge is 0.427 e. The summed E-state index contributed by atoms with van der Waals surface area (Å²) in [5.41, 5.74) is 0.813. The zero-order valence-electron chi connectivity index (χ0n) is 9.19. The maximum Gasteiger partial charge on any atom is 0.339 e. The summed E-state index contributed by atoms with van der Waals surface area (Å²) < 4.78 is 5.27. The van der Waals surface area contributed by atoms with Crippen LogP contribution in [0.5, 0.6) is 0 Å². The Morgan fingerprint density at radius 3 is 3.13 bits per heavy atom. The number of carbonyl (C=O) groups excluding carboxylic acids is 1. The van der Waals surface area contributed by atoms with E-state index < -0.39 is 0 Å². The van der Waals surface area contributed by atoms with E-state index in [-0.39, 0.29) is 11.9 Å². The molecule has 0 aromatic rings. The van der Waals surface area contributed by atoms with Gasteiger partial charge in [-0.3, -0.25) is 0 Å². The minimum atomic E-state index is -0.167. The lowest BCUT2D eigenvalue weighted by Crippen LogP contribution is -2.04. The molecule has 2 rings (SSSR count). The second-order valence-corrected chi connectivity index (χ2v) is 4.46. The number of hydrogen-bond acceptors (Lipinski definition) is 2. The Balaban J connectivity index is 2.17. The van der Waals surface area contributed by atoms with E-state index in [0.717, 1.165) is 24.2 Å². The van der Waals surface area contributed by atoms with Gasteiger partial charge in [0.25, 0.3) is 0 Å². The van der Waals surface area contributed by atoms with E-state index in [2.05, 4.69) is 26.0 Å². The molecule has 0 unspecified atom stereocenters. The zero-order valence-corrected chi connectivity index (χ0v) is 9.19. The molecule has 1 atom stereocenters. The number of fused-ring (bicyclic) bond motifs is 1. The first kappa shape index (κ1) is 10.2. The molecular weight excluding hydrogens is 188 g/mol. The first-order chi connectivity index (χ1) is 7.18. The van der Waals surface area contributed by atoms with E-state index >= 15 is 0 Å². The third kappa shape index (κ3) is 2.04. The Hall–Kier alpha value is -1.31. The molecule has 15 heavy (non-hydrogen) atoms. The summed E-state index contributed by atoms with van der Waals surface area (Å²) in [5.74, 6) is 1.47. The lowest BCUT2D eigenvalue weighted by Gasteiger charge is -2.10. The van der Waals surface area contributed by atoms with Crippen LogP contribution >= 0.6 is 0 Å². The Labute approximate surface area is 90.3 Å². The quantitative estimate of drug-likeness (QED) is 0.646. The number of cyclic esters (lactones) is 1. The summed E-state index contributed by atoms with van der Waals surface area (Å²) in [6, 6.07) is 0. The molecule has 0 amide bonds. The Morgan fingerprint density at radius 2 is 2.40 bits per heavy atom. The first-order valence-electron chi connectivity index (χ1n) is 5.47. The van der Waals surface area contributed by atoms with Crippen molar-refractivity contribution in [3.05, 3.63) is 35.6 Å². The molecule has 1 fully saturated rings. The Morgan fingerprint density at radius 1 is 1.60 bits per heavy atom. The molecule has 0 radical (unpaired) electrons. The molecule has 80 valence electrons. The van der Waals surface area contributed by atoms with Gasteiger partial charge in [0.2, 0.25) is 0 Å². The fraction of sp³-hybridized carbons (Fsp3) is 0.462. The van der Waals surface area contributed by atoms with Crippen LogP contribution in [0.25, 0.3) is 0 Å². The van der Waals surface area contributed by atoms with Crippen molar-refractivity contribution in [1.82, 2.24) is 0 Å².